The van der Waals surface area contributed by atoms with Gasteiger partial charge in [0.2, 0.25) is 6.10 Å². The van der Waals surface area contributed by atoms with Crippen molar-refractivity contribution in [2.24, 2.45) is 0 Å². The van der Waals surface area contributed by atoms with Gasteiger partial charge in [0.05, 0.1) is 6.61 Å². The van der Waals surface area contributed by atoms with Crippen LogP contribution < -0.4 is 9.47 Å². The lowest BCUT2D eigenvalue weighted by atomic mass is 10.3. The summed E-state index contributed by atoms with van der Waals surface area (Å²) in [6, 6.07) is 7.39. The van der Waals surface area contributed by atoms with Crippen LogP contribution in [0.25, 0.3) is 0 Å². The Kier molecular flexibility index (Phi) is 1.87. The Bertz CT molecular complexity index is 272. The SMILES string of the molecule is OC[C]1COc2ccccc2O1. The molecule has 3 heteroatoms. The number of fused-ring (bicyclic) bond motifs is 1. The second-order valence-corrected chi connectivity index (χ2v) is 2.53. The van der Waals surface area contributed by atoms with E-state index in [0.717, 1.165) is 5.75 Å². The fourth-order valence-corrected chi connectivity index (χ4v) is 1.07. The average molecular weight is 165 g/mol. The number of aliphatic hydroxyl groups is 1. The lowest BCUT2D eigenvalue weighted by Gasteiger charge is -2.23. The van der Waals surface area contributed by atoms with Crippen molar-refractivity contribution in [3.63, 3.8) is 0 Å². The summed E-state index contributed by atoms with van der Waals surface area (Å²) in [6.07, 6.45) is 0.550. The molecule has 0 amide bonds. The molecule has 2 rings (SSSR count). The Hall–Kier alpha value is -1.22. The summed E-state index contributed by atoms with van der Waals surface area (Å²) in [5, 5.41) is 8.77. The molecule has 0 saturated heterocycles. The maximum absolute atomic E-state index is 8.77. The number of para-hydroxylation sites is 2. The number of hydrogen-bond acceptors (Lipinski definition) is 3. The van der Waals surface area contributed by atoms with Gasteiger partial charge < -0.3 is 14.6 Å². The summed E-state index contributed by atoms with van der Waals surface area (Å²) in [5.41, 5.74) is 0. The molecule has 1 heterocycles. The van der Waals surface area contributed by atoms with Gasteiger partial charge in [-0.2, -0.15) is 0 Å². The molecule has 1 aliphatic heterocycles. The maximum Gasteiger partial charge on any atom is 0.210 e. The minimum Gasteiger partial charge on any atom is -0.485 e. The van der Waals surface area contributed by atoms with Crippen LogP contribution >= 0.6 is 0 Å². The standard InChI is InChI=1S/C9H9O3/c10-5-7-6-11-8-3-1-2-4-9(8)12-7/h1-4,10H,5-6H2. The van der Waals surface area contributed by atoms with E-state index in [1.165, 1.54) is 0 Å². The van der Waals surface area contributed by atoms with Gasteiger partial charge in [0.25, 0.3) is 0 Å². The van der Waals surface area contributed by atoms with Gasteiger partial charge in [0, 0.05) is 0 Å². The van der Waals surface area contributed by atoms with Gasteiger partial charge in [0.15, 0.2) is 11.5 Å². The fraction of sp³-hybridized carbons (Fsp3) is 0.222. The first kappa shape index (κ1) is 7.43. The highest BCUT2D eigenvalue weighted by Gasteiger charge is 2.20. The topological polar surface area (TPSA) is 38.7 Å². The fourth-order valence-electron chi connectivity index (χ4n) is 1.07. The lowest BCUT2D eigenvalue weighted by molar-refractivity contribution is 0.122. The van der Waals surface area contributed by atoms with E-state index in [4.69, 9.17) is 14.6 Å². The largest absolute Gasteiger partial charge is 0.485 e. The predicted molar refractivity (Wildman–Crippen MR) is 42.9 cm³/mol. The quantitative estimate of drug-likeness (QED) is 0.674. The molecule has 0 aromatic heterocycles. The van der Waals surface area contributed by atoms with Crippen molar-refractivity contribution < 1.29 is 14.6 Å². The first-order valence-electron chi connectivity index (χ1n) is 3.75. The van der Waals surface area contributed by atoms with Crippen LogP contribution in [0.4, 0.5) is 0 Å². The zero-order valence-electron chi connectivity index (χ0n) is 6.49. The highest BCUT2D eigenvalue weighted by molar-refractivity contribution is 5.41. The summed E-state index contributed by atoms with van der Waals surface area (Å²) >= 11 is 0. The average Bonchev–Trinajstić information content (AvgIpc) is 2.17. The molecule has 0 fully saturated rings. The minimum atomic E-state index is -0.0890. The van der Waals surface area contributed by atoms with Gasteiger partial charge >= 0.3 is 0 Å². The van der Waals surface area contributed by atoms with E-state index in [2.05, 4.69) is 0 Å². The van der Waals surface area contributed by atoms with Gasteiger partial charge in [-0.1, -0.05) is 12.1 Å². The molecular weight excluding hydrogens is 156 g/mol. The van der Waals surface area contributed by atoms with Crippen molar-refractivity contribution in [2.75, 3.05) is 13.2 Å². The highest BCUT2D eigenvalue weighted by Crippen LogP contribution is 2.32. The van der Waals surface area contributed by atoms with Crippen molar-refractivity contribution >= 4 is 0 Å². The van der Waals surface area contributed by atoms with E-state index < -0.39 is 0 Å². The zero-order valence-corrected chi connectivity index (χ0v) is 6.49. The summed E-state index contributed by atoms with van der Waals surface area (Å²) in [5.74, 6) is 1.41. The molecule has 12 heavy (non-hydrogen) atoms. The van der Waals surface area contributed by atoms with Crippen LogP contribution in [0.2, 0.25) is 0 Å². The Balaban J connectivity index is 2.23. The smallest absolute Gasteiger partial charge is 0.210 e. The molecule has 3 nitrogen and oxygen atoms in total. The van der Waals surface area contributed by atoms with Gasteiger partial charge in [-0.25, -0.2) is 0 Å². The van der Waals surface area contributed by atoms with Crippen LogP contribution in [0.3, 0.4) is 0 Å². The molecular formula is C9H9O3. The zero-order chi connectivity index (χ0) is 8.39. The monoisotopic (exact) mass is 165 g/mol. The molecule has 63 valence electrons. The van der Waals surface area contributed by atoms with Gasteiger partial charge in [-0.3, -0.25) is 0 Å². The van der Waals surface area contributed by atoms with Crippen molar-refractivity contribution in [2.45, 2.75) is 0 Å². The molecule has 1 aromatic rings. The van der Waals surface area contributed by atoms with Gasteiger partial charge in [-0.05, 0) is 12.1 Å². The summed E-state index contributed by atoms with van der Waals surface area (Å²) < 4.78 is 10.6. The molecule has 0 unspecified atom stereocenters. The Morgan fingerprint density at radius 1 is 1.25 bits per heavy atom. The van der Waals surface area contributed by atoms with Crippen molar-refractivity contribution in [3.8, 4) is 11.5 Å². The van der Waals surface area contributed by atoms with Crippen LogP contribution in [-0.2, 0) is 0 Å². The Morgan fingerprint density at radius 3 is 2.75 bits per heavy atom. The van der Waals surface area contributed by atoms with E-state index >= 15 is 0 Å². The van der Waals surface area contributed by atoms with E-state index in [1.807, 2.05) is 24.3 Å². The maximum atomic E-state index is 8.77. The molecule has 1 radical (unpaired) electrons. The third kappa shape index (κ3) is 1.23. The highest BCUT2D eigenvalue weighted by atomic mass is 16.6. The normalized spacial score (nSPS) is 16.1. The first-order chi connectivity index (χ1) is 5.90. The number of hydrogen-bond donors (Lipinski definition) is 1. The third-order valence-corrected chi connectivity index (χ3v) is 1.67. The van der Waals surface area contributed by atoms with E-state index in [1.54, 1.807) is 0 Å². The van der Waals surface area contributed by atoms with Crippen molar-refractivity contribution in [3.05, 3.63) is 30.4 Å². The van der Waals surface area contributed by atoms with E-state index in [9.17, 15) is 0 Å². The number of benzene rings is 1. The summed E-state index contributed by atoms with van der Waals surface area (Å²) in [6.45, 7) is 0.252. The Labute approximate surface area is 70.5 Å². The second kappa shape index (κ2) is 3.03. The summed E-state index contributed by atoms with van der Waals surface area (Å²) in [4.78, 5) is 0. The van der Waals surface area contributed by atoms with Gasteiger partial charge in [-0.15, -0.1) is 0 Å². The van der Waals surface area contributed by atoms with Gasteiger partial charge in [0.1, 0.15) is 6.61 Å². The summed E-state index contributed by atoms with van der Waals surface area (Å²) in [7, 11) is 0. The molecule has 0 bridgehead atoms. The van der Waals surface area contributed by atoms with Crippen molar-refractivity contribution in [1.82, 2.24) is 0 Å². The molecule has 1 aliphatic rings. The van der Waals surface area contributed by atoms with E-state index in [-0.39, 0.29) is 6.61 Å². The third-order valence-electron chi connectivity index (χ3n) is 1.67. The predicted octanol–water partition coefficient (Wildman–Crippen LogP) is 0.982. The van der Waals surface area contributed by atoms with Crippen LogP contribution in [0.1, 0.15) is 0 Å². The number of ether oxygens (including phenoxy) is 2. The minimum absolute atomic E-state index is 0.0890. The molecule has 1 aromatic carbocycles. The first-order valence-corrected chi connectivity index (χ1v) is 3.75. The van der Waals surface area contributed by atoms with Crippen LogP contribution in [0.15, 0.2) is 24.3 Å². The number of rotatable bonds is 1. The molecule has 0 saturated carbocycles. The lowest BCUT2D eigenvalue weighted by Crippen LogP contribution is -2.24. The Morgan fingerprint density at radius 2 is 2.00 bits per heavy atom. The number of aliphatic hydroxyl groups excluding tert-OH is 1. The van der Waals surface area contributed by atoms with E-state index in [0.29, 0.717) is 18.5 Å². The van der Waals surface area contributed by atoms with Crippen LogP contribution in [0, 0.1) is 6.10 Å². The molecule has 0 atom stereocenters. The second-order valence-electron chi connectivity index (χ2n) is 2.53. The van der Waals surface area contributed by atoms with Crippen LogP contribution in [-0.4, -0.2) is 18.3 Å². The molecule has 1 N–H and O–H groups in total. The molecule has 0 aliphatic carbocycles. The van der Waals surface area contributed by atoms with Crippen LogP contribution in [0.5, 0.6) is 11.5 Å². The molecule has 0 spiro atoms. The van der Waals surface area contributed by atoms with Crippen molar-refractivity contribution in [1.29, 1.82) is 0 Å².